The van der Waals surface area contributed by atoms with Crippen LogP contribution in [0.1, 0.15) is 16.5 Å². The van der Waals surface area contributed by atoms with Crippen molar-refractivity contribution in [3.05, 3.63) is 59.7 Å². The Bertz CT molecular complexity index is 969. The van der Waals surface area contributed by atoms with E-state index in [2.05, 4.69) is 15.7 Å². The van der Waals surface area contributed by atoms with Crippen LogP contribution in [-0.4, -0.2) is 37.6 Å². The number of thioether (sulfide) groups is 1. The highest BCUT2D eigenvalue weighted by Gasteiger charge is 2.34. The molecule has 1 atom stereocenters. The van der Waals surface area contributed by atoms with Crippen LogP contribution in [0, 0.1) is 6.92 Å². The van der Waals surface area contributed by atoms with Crippen LogP contribution in [0.3, 0.4) is 0 Å². The third kappa shape index (κ3) is 3.15. The minimum atomic E-state index is -0.311. The first-order chi connectivity index (χ1) is 12.6. The van der Waals surface area contributed by atoms with Gasteiger partial charge in [-0.2, -0.15) is 0 Å². The summed E-state index contributed by atoms with van der Waals surface area (Å²) in [6.45, 7) is 2.01. The number of carbonyl (C=O) groups excluding carboxylic acids is 2. The van der Waals surface area contributed by atoms with Gasteiger partial charge in [0.05, 0.1) is 11.3 Å². The van der Waals surface area contributed by atoms with Gasteiger partial charge in [-0.05, 0) is 24.6 Å². The maximum absolute atomic E-state index is 12.5. The van der Waals surface area contributed by atoms with Crippen LogP contribution in [0.4, 0.5) is 0 Å². The monoisotopic (exact) mass is 367 g/mol. The molecule has 0 aliphatic carbocycles. The number of nitrogens with one attached hydrogen (secondary N) is 1. The molecular formula is C18H17N5O2S. The van der Waals surface area contributed by atoms with Gasteiger partial charge in [0.2, 0.25) is 0 Å². The molecular weight excluding hydrogens is 350 g/mol. The molecule has 8 heteroatoms. The summed E-state index contributed by atoms with van der Waals surface area (Å²) >= 11 is 1.50. The lowest BCUT2D eigenvalue weighted by Gasteiger charge is -2.24. The quantitative estimate of drug-likeness (QED) is 0.763. The van der Waals surface area contributed by atoms with E-state index in [0.717, 1.165) is 22.2 Å². The van der Waals surface area contributed by atoms with Gasteiger partial charge in [0.15, 0.2) is 0 Å². The lowest BCUT2D eigenvalue weighted by Crippen LogP contribution is -2.45. The SMILES string of the molecule is Cc1ccc(C2SCC(=O)N2NC(=O)Cn2nnc3ccccc32)cc1. The zero-order valence-corrected chi connectivity index (χ0v) is 14.9. The number of aryl methyl sites for hydroxylation is 1. The van der Waals surface area contributed by atoms with E-state index in [4.69, 9.17) is 0 Å². The van der Waals surface area contributed by atoms with Crippen molar-refractivity contribution in [3.63, 3.8) is 0 Å². The zero-order chi connectivity index (χ0) is 18.1. The predicted molar refractivity (Wildman–Crippen MR) is 98.9 cm³/mol. The maximum atomic E-state index is 12.5. The number of fused-ring (bicyclic) bond motifs is 1. The zero-order valence-electron chi connectivity index (χ0n) is 14.1. The molecule has 1 aromatic heterocycles. The highest BCUT2D eigenvalue weighted by atomic mass is 32.2. The minimum absolute atomic E-state index is 0.00439. The topological polar surface area (TPSA) is 80.1 Å². The van der Waals surface area contributed by atoms with Crippen molar-refractivity contribution in [2.24, 2.45) is 0 Å². The average molecular weight is 367 g/mol. The van der Waals surface area contributed by atoms with Gasteiger partial charge in [0, 0.05) is 0 Å². The van der Waals surface area contributed by atoms with E-state index in [9.17, 15) is 9.59 Å². The Morgan fingerprint density at radius 2 is 2.00 bits per heavy atom. The molecule has 3 aromatic rings. The summed E-state index contributed by atoms with van der Waals surface area (Å²) in [5.74, 6) is -0.0866. The number of aromatic nitrogens is 3. The molecule has 1 aliphatic heterocycles. The van der Waals surface area contributed by atoms with E-state index < -0.39 is 0 Å². The fourth-order valence-corrected chi connectivity index (χ4v) is 3.97. The number of benzene rings is 2. The summed E-state index contributed by atoms with van der Waals surface area (Å²) < 4.78 is 1.53. The van der Waals surface area contributed by atoms with Crippen molar-refractivity contribution in [2.75, 3.05) is 5.75 Å². The van der Waals surface area contributed by atoms with Gasteiger partial charge < -0.3 is 0 Å². The number of amides is 2. The number of hydrazine groups is 1. The summed E-state index contributed by atoms with van der Waals surface area (Å²) in [4.78, 5) is 24.7. The number of rotatable bonds is 4. The average Bonchev–Trinajstić information content (AvgIpc) is 3.21. The number of hydrogen-bond donors (Lipinski definition) is 1. The van der Waals surface area contributed by atoms with E-state index in [1.54, 1.807) is 0 Å². The molecule has 0 radical (unpaired) electrons. The third-order valence-electron chi connectivity index (χ3n) is 4.19. The van der Waals surface area contributed by atoms with Crippen molar-refractivity contribution in [1.82, 2.24) is 25.4 Å². The molecule has 0 saturated carbocycles. The molecule has 7 nitrogen and oxygen atoms in total. The molecule has 132 valence electrons. The summed E-state index contributed by atoms with van der Waals surface area (Å²) in [7, 11) is 0. The van der Waals surface area contributed by atoms with Crippen LogP contribution in [0.5, 0.6) is 0 Å². The van der Waals surface area contributed by atoms with Crippen LogP contribution >= 0.6 is 11.8 Å². The van der Waals surface area contributed by atoms with Crippen LogP contribution in [0.2, 0.25) is 0 Å². The Hall–Kier alpha value is -2.87. The van der Waals surface area contributed by atoms with Gasteiger partial charge in [-0.3, -0.25) is 15.0 Å². The van der Waals surface area contributed by atoms with Gasteiger partial charge in [-0.1, -0.05) is 47.2 Å². The second-order valence-electron chi connectivity index (χ2n) is 6.11. The smallest absolute Gasteiger partial charge is 0.260 e. The molecule has 26 heavy (non-hydrogen) atoms. The first-order valence-electron chi connectivity index (χ1n) is 8.20. The van der Waals surface area contributed by atoms with Crippen molar-refractivity contribution >= 4 is 34.6 Å². The summed E-state index contributed by atoms with van der Waals surface area (Å²) in [6.07, 6.45) is 0. The van der Waals surface area contributed by atoms with Crippen LogP contribution in [0.15, 0.2) is 48.5 Å². The lowest BCUT2D eigenvalue weighted by atomic mass is 10.1. The van der Waals surface area contributed by atoms with Crippen molar-refractivity contribution in [3.8, 4) is 0 Å². The Morgan fingerprint density at radius 1 is 1.23 bits per heavy atom. The first kappa shape index (κ1) is 16.6. The van der Waals surface area contributed by atoms with Gasteiger partial charge >= 0.3 is 0 Å². The molecule has 1 fully saturated rings. The lowest BCUT2D eigenvalue weighted by molar-refractivity contribution is -0.139. The Morgan fingerprint density at radius 3 is 2.81 bits per heavy atom. The van der Waals surface area contributed by atoms with Gasteiger partial charge in [0.1, 0.15) is 17.4 Å². The number of para-hydroxylation sites is 1. The van der Waals surface area contributed by atoms with E-state index in [-0.39, 0.29) is 23.7 Å². The van der Waals surface area contributed by atoms with E-state index in [1.165, 1.54) is 21.5 Å². The molecule has 2 amide bonds. The molecule has 4 rings (SSSR count). The van der Waals surface area contributed by atoms with Gasteiger partial charge in [-0.15, -0.1) is 16.9 Å². The van der Waals surface area contributed by atoms with E-state index >= 15 is 0 Å². The highest BCUT2D eigenvalue weighted by Crippen LogP contribution is 2.37. The number of hydrogen-bond acceptors (Lipinski definition) is 5. The summed E-state index contributed by atoms with van der Waals surface area (Å²) in [5, 5.41) is 9.24. The highest BCUT2D eigenvalue weighted by molar-refractivity contribution is 8.00. The second-order valence-corrected chi connectivity index (χ2v) is 7.18. The van der Waals surface area contributed by atoms with Crippen LogP contribution in [0.25, 0.3) is 11.0 Å². The molecule has 1 unspecified atom stereocenters. The third-order valence-corrected chi connectivity index (χ3v) is 5.40. The van der Waals surface area contributed by atoms with E-state index in [0.29, 0.717) is 5.75 Å². The predicted octanol–water partition coefficient (Wildman–Crippen LogP) is 2.05. The molecule has 2 aromatic carbocycles. The maximum Gasteiger partial charge on any atom is 0.260 e. The summed E-state index contributed by atoms with van der Waals surface area (Å²) in [5.41, 5.74) is 6.37. The minimum Gasteiger partial charge on any atom is -0.272 e. The Balaban J connectivity index is 1.50. The largest absolute Gasteiger partial charge is 0.272 e. The molecule has 1 saturated heterocycles. The van der Waals surface area contributed by atoms with Gasteiger partial charge in [-0.25, -0.2) is 9.69 Å². The standard InChI is InChI=1S/C18H17N5O2S/c1-12-6-8-13(9-7-12)18-23(17(25)11-26-18)20-16(24)10-22-15-5-3-2-4-14(15)19-21-22/h2-9,18H,10-11H2,1H3,(H,20,24). The van der Waals surface area contributed by atoms with Crippen molar-refractivity contribution in [1.29, 1.82) is 0 Å². The van der Waals surface area contributed by atoms with Crippen molar-refractivity contribution in [2.45, 2.75) is 18.8 Å². The van der Waals surface area contributed by atoms with Crippen molar-refractivity contribution < 1.29 is 9.59 Å². The normalized spacial score (nSPS) is 17.0. The fourth-order valence-electron chi connectivity index (χ4n) is 2.86. The van der Waals surface area contributed by atoms with Gasteiger partial charge in [0.25, 0.3) is 11.8 Å². The first-order valence-corrected chi connectivity index (χ1v) is 9.24. The molecule has 2 heterocycles. The molecule has 1 N–H and O–H groups in total. The molecule has 0 spiro atoms. The fraction of sp³-hybridized carbons (Fsp3) is 0.222. The summed E-state index contributed by atoms with van der Waals surface area (Å²) in [6, 6.07) is 15.4. The van der Waals surface area contributed by atoms with E-state index in [1.807, 2.05) is 55.5 Å². The number of nitrogens with zero attached hydrogens (tertiary/aromatic N) is 4. The Labute approximate surface area is 154 Å². The molecule has 1 aliphatic rings. The number of carbonyl (C=O) groups is 2. The van der Waals surface area contributed by atoms with Crippen LogP contribution < -0.4 is 5.43 Å². The molecule has 0 bridgehead atoms. The Kier molecular flexibility index (Phi) is 4.34. The second kappa shape index (κ2) is 6.80. The van der Waals surface area contributed by atoms with Crippen LogP contribution in [-0.2, 0) is 16.1 Å².